The van der Waals surface area contributed by atoms with Gasteiger partial charge in [-0.15, -0.1) is 0 Å². The number of rotatable bonds is 19. The first-order valence-electron chi connectivity index (χ1n) is 23.9. The topological polar surface area (TPSA) is 205 Å². The first-order chi connectivity index (χ1) is 32.3. The fourth-order valence-electron chi connectivity index (χ4n) is 7.58. The highest BCUT2D eigenvalue weighted by Crippen LogP contribution is 2.21. The third kappa shape index (κ3) is 22.4. The minimum absolute atomic E-state index is 0.0223. The molecule has 1 saturated heterocycles. The summed E-state index contributed by atoms with van der Waals surface area (Å²) in [6, 6.07) is 13.3. The van der Waals surface area contributed by atoms with Gasteiger partial charge in [-0.05, 0) is 110 Å². The highest BCUT2D eigenvalue weighted by molar-refractivity contribution is 5.95. The molecule has 7 amide bonds. The van der Waals surface area contributed by atoms with E-state index in [0.717, 1.165) is 10.5 Å². The third-order valence-corrected chi connectivity index (χ3v) is 10.8. The quantitative estimate of drug-likeness (QED) is 0.0994. The summed E-state index contributed by atoms with van der Waals surface area (Å²) in [7, 11) is 0. The molecule has 4 atom stereocenters. The maximum Gasteiger partial charge on any atom is 0.471 e. The molecule has 1 aliphatic heterocycles. The van der Waals surface area contributed by atoms with Crippen molar-refractivity contribution in [2.45, 2.75) is 161 Å². The standard InChI is InChI=1S/C50H74F3N7O9/c1-34(2)31-38(56-42(62)39(32-35-21-11-9-12-22-35)57-43(63)40(33-36-23-13-10-14-24-36)58-47(67)69-49(6,7)8)41(61)55-37(25-15-16-26-54-46(66)68-48(3,4)5)44(64)59-27-17-19-29-60(30-20-18-28-59)45(65)50(51,52)53/h9-14,21-24,34,37-40H,15-20,25-33H2,1-8H3,(H,54,66)(H,55,61)(H,56,62)(H,57,63)(H,58,67)/t37-,38-,39-,40-/m1/s1. The van der Waals surface area contributed by atoms with E-state index < -0.39 is 83.3 Å². The molecule has 3 rings (SSSR count). The van der Waals surface area contributed by atoms with Crippen LogP contribution >= 0.6 is 0 Å². The maximum absolute atomic E-state index is 14.4. The van der Waals surface area contributed by atoms with Gasteiger partial charge in [-0.1, -0.05) is 74.5 Å². The predicted octanol–water partition coefficient (Wildman–Crippen LogP) is 6.35. The van der Waals surface area contributed by atoms with E-state index in [1.807, 2.05) is 19.9 Å². The highest BCUT2D eigenvalue weighted by atomic mass is 19.4. The van der Waals surface area contributed by atoms with E-state index in [1.165, 1.54) is 0 Å². The van der Waals surface area contributed by atoms with Crippen LogP contribution in [-0.2, 0) is 46.3 Å². The number of nitrogens with one attached hydrogen (secondary N) is 5. The Morgan fingerprint density at radius 2 is 0.986 bits per heavy atom. The zero-order valence-electron chi connectivity index (χ0n) is 41.5. The van der Waals surface area contributed by atoms with E-state index in [0.29, 0.717) is 31.2 Å². The van der Waals surface area contributed by atoms with Crippen LogP contribution in [0, 0.1) is 5.92 Å². The van der Waals surface area contributed by atoms with Crippen molar-refractivity contribution in [2.24, 2.45) is 5.92 Å². The van der Waals surface area contributed by atoms with E-state index >= 15 is 0 Å². The van der Waals surface area contributed by atoms with Crippen molar-refractivity contribution in [3.8, 4) is 0 Å². The fraction of sp³-hybridized carbons (Fsp3) is 0.620. The largest absolute Gasteiger partial charge is 0.471 e. The minimum atomic E-state index is -4.99. The van der Waals surface area contributed by atoms with E-state index in [9.17, 15) is 46.7 Å². The summed E-state index contributed by atoms with van der Waals surface area (Å²) in [5.74, 6) is -4.44. The summed E-state index contributed by atoms with van der Waals surface area (Å²) in [5, 5.41) is 13.9. The number of unbranched alkanes of at least 4 members (excludes halogenated alkanes) is 1. The molecule has 384 valence electrons. The highest BCUT2D eigenvalue weighted by Gasteiger charge is 2.42. The predicted molar refractivity (Wildman–Crippen MR) is 254 cm³/mol. The number of benzene rings is 2. The summed E-state index contributed by atoms with van der Waals surface area (Å²) in [4.78, 5) is 97.1. The number of hydrogen-bond donors (Lipinski definition) is 5. The van der Waals surface area contributed by atoms with Gasteiger partial charge in [0.25, 0.3) is 0 Å². The Morgan fingerprint density at radius 3 is 1.45 bits per heavy atom. The zero-order valence-corrected chi connectivity index (χ0v) is 41.5. The van der Waals surface area contributed by atoms with E-state index in [1.54, 1.807) is 101 Å². The van der Waals surface area contributed by atoms with Crippen molar-refractivity contribution >= 4 is 41.7 Å². The number of hydrogen-bond acceptors (Lipinski definition) is 9. The number of carbonyl (C=O) groups is 7. The van der Waals surface area contributed by atoms with E-state index in [4.69, 9.17) is 9.47 Å². The van der Waals surface area contributed by atoms with Gasteiger partial charge in [0.15, 0.2) is 0 Å². The molecule has 0 saturated carbocycles. The molecular weight excluding hydrogens is 900 g/mol. The second-order valence-corrected chi connectivity index (χ2v) is 19.8. The second-order valence-electron chi connectivity index (χ2n) is 19.8. The third-order valence-electron chi connectivity index (χ3n) is 10.8. The van der Waals surface area contributed by atoms with Crippen molar-refractivity contribution in [2.75, 3.05) is 32.7 Å². The molecule has 1 heterocycles. The van der Waals surface area contributed by atoms with Gasteiger partial charge in [-0.25, -0.2) is 9.59 Å². The SMILES string of the molecule is CC(C)C[C@@H](NC(=O)[C@@H](Cc1ccccc1)NC(=O)[C@@H](Cc1ccccc1)NC(=O)OC(C)(C)C)C(=O)N[C@H](CCCCNC(=O)OC(C)(C)C)C(=O)N1CCCCN(C(=O)C(F)(F)F)CCCC1. The summed E-state index contributed by atoms with van der Waals surface area (Å²) < 4.78 is 50.5. The molecular formula is C50H74F3N7O9. The van der Waals surface area contributed by atoms with Gasteiger partial charge in [0, 0.05) is 45.6 Å². The van der Waals surface area contributed by atoms with Crippen LogP contribution in [0.25, 0.3) is 0 Å². The molecule has 1 aliphatic rings. The van der Waals surface area contributed by atoms with Crippen LogP contribution in [0.4, 0.5) is 22.8 Å². The van der Waals surface area contributed by atoms with E-state index in [2.05, 4.69) is 26.6 Å². The van der Waals surface area contributed by atoms with Crippen LogP contribution in [0.1, 0.15) is 118 Å². The Labute approximate surface area is 404 Å². The maximum atomic E-state index is 14.4. The lowest BCUT2D eigenvalue weighted by Gasteiger charge is -2.32. The molecule has 0 aromatic heterocycles. The monoisotopic (exact) mass is 974 g/mol. The minimum Gasteiger partial charge on any atom is -0.444 e. The molecule has 0 unspecified atom stereocenters. The van der Waals surface area contributed by atoms with Crippen LogP contribution in [0.3, 0.4) is 0 Å². The van der Waals surface area contributed by atoms with Gasteiger partial charge in [-0.2, -0.15) is 13.2 Å². The molecule has 0 spiro atoms. The average Bonchev–Trinajstić information content (AvgIpc) is 3.25. The number of ether oxygens (including phenoxy) is 2. The van der Waals surface area contributed by atoms with Crippen LogP contribution < -0.4 is 26.6 Å². The van der Waals surface area contributed by atoms with Crippen LogP contribution in [-0.4, -0.2) is 126 Å². The molecule has 1 fully saturated rings. The number of alkyl halides is 3. The molecule has 2 aromatic carbocycles. The Morgan fingerprint density at radius 1 is 0.565 bits per heavy atom. The van der Waals surface area contributed by atoms with Gasteiger partial charge in [-0.3, -0.25) is 24.0 Å². The summed E-state index contributed by atoms with van der Waals surface area (Å²) in [5.41, 5.74) is -0.128. The lowest BCUT2D eigenvalue weighted by Crippen LogP contribution is -2.59. The molecule has 0 radical (unpaired) electrons. The van der Waals surface area contributed by atoms with Gasteiger partial charge in [0.05, 0.1) is 0 Å². The summed E-state index contributed by atoms with van der Waals surface area (Å²) in [6.07, 6.45) is -4.21. The Hall–Kier alpha value is -5.88. The Bertz CT molecular complexity index is 1960. The Balaban J connectivity index is 1.88. The molecule has 19 heteroatoms. The first-order valence-corrected chi connectivity index (χ1v) is 23.9. The summed E-state index contributed by atoms with van der Waals surface area (Å²) >= 11 is 0. The number of amides is 7. The van der Waals surface area contributed by atoms with E-state index in [-0.39, 0.29) is 77.2 Å². The number of alkyl carbamates (subject to hydrolysis) is 2. The van der Waals surface area contributed by atoms with Crippen LogP contribution in [0.5, 0.6) is 0 Å². The van der Waals surface area contributed by atoms with Gasteiger partial charge < -0.3 is 45.9 Å². The number of halogens is 3. The van der Waals surface area contributed by atoms with Crippen LogP contribution in [0.2, 0.25) is 0 Å². The molecule has 0 bridgehead atoms. The van der Waals surface area contributed by atoms with Crippen molar-refractivity contribution in [3.63, 3.8) is 0 Å². The molecule has 0 aliphatic carbocycles. The smallest absolute Gasteiger partial charge is 0.444 e. The summed E-state index contributed by atoms with van der Waals surface area (Å²) in [6.45, 7) is 14.3. The Kier molecular flexibility index (Phi) is 22.8. The van der Waals surface area contributed by atoms with Crippen molar-refractivity contribution in [3.05, 3.63) is 71.8 Å². The van der Waals surface area contributed by atoms with Gasteiger partial charge in [0.1, 0.15) is 35.4 Å². The van der Waals surface area contributed by atoms with Crippen molar-refractivity contribution in [1.82, 2.24) is 36.4 Å². The number of nitrogens with zero attached hydrogens (tertiary/aromatic N) is 2. The lowest BCUT2D eigenvalue weighted by molar-refractivity contribution is -0.185. The van der Waals surface area contributed by atoms with Gasteiger partial charge in [0.2, 0.25) is 23.6 Å². The molecule has 5 N–H and O–H groups in total. The van der Waals surface area contributed by atoms with Gasteiger partial charge >= 0.3 is 24.3 Å². The van der Waals surface area contributed by atoms with Crippen molar-refractivity contribution in [1.29, 1.82) is 0 Å². The first kappa shape index (κ1) is 57.4. The second kappa shape index (κ2) is 27.3. The molecule has 16 nitrogen and oxygen atoms in total. The zero-order chi connectivity index (χ0) is 51.4. The lowest BCUT2D eigenvalue weighted by atomic mass is 9.99. The van der Waals surface area contributed by atoms with Crippen molar-refractivity contribution < 1.29 is 56.2 Å². The molecule has 69 heavy (non-hydrogen) atoms. The fourth-order valence-corrected chi connectivity index (χ4v) is 7.58. The average molecular weight is 974 g/mol. The van der Waals surface area contributed by atoms with Crippen LogP contribution in [0.15, 0.2) is 60.7 Å². The molecule has 2 aromatic rings. The number of carbonyl (C=O) groups excluding carboxylic acids is 7. The normalized spacial score (nSPS) is 15.7.